The SMILES string of the molecule is CC(Cc1ccco1)NC(=O)c1cc2cc(S(=O)(=O)N(C)C)ccc2n1Cc1ccccc1. The van der Waals surface area contributed by atoms with Gasteiger partial charge in [0.15, 0.2) is 0 Å². The van der Waals surface area contributed by atoms with Crippen LogP contribution in [0.5, 0.6) is 0 Å². The molecule has 2 aromatic heterocycles. The van der Waals surface area contributed by atoms with Gasteiger partial charge in [0.2, 0.25) is 10.0 Å². The maximum absolute atomic E-state index is 13.3. The highest BCUT2D eigenvalue weighted by Crippen LogP contribution is 2.26. The van der Waals surface area contributed by atoms with E-state index in [9.17, 15) is 13.2 Å². The molecule has 1 atom stereocenters. The third kappa shape index (κ3) is 4.86. The van der Waals surface area contributed by atoms with Crippen LogP contribution in [0.3, 0.4) is 0 Å². The lowest BCUT2D eigenvalue weighted by atomic mass is 10.2. The molecule has 1 N–H and O–H groups in total. The van der Waals surface area contributed by atoms with Crippen LogP contribution < -0.4 is 5.32 Å². The number of carbonyl (C=O) groups is 1. The second-order valence-electron chi connectivity index (χ2n) is 8.27. The second-order valence-corrected chi connectivity index (χ2v) is 10.4. The summed E-state index contributed by atoms with van der Waals surface area (Å²) in [5, 5.41) is 3.73. The molecule has 0 bridgehead atoms. The van der Waals surface area contributed by atoms with Crippen molar-refractivity contribution in [1.82, 2.24) is 14.2 Å². The quantitative estimate of drug-likeness (QED) is 0.428. The second kappa shape index (κ2) is 9.25. The van der Waals surface area contributed by atoms with Gasteiger partial charge < -0.3 is 14.3 Å². The number of amides is 1. The van der Waals surface area contributed by atoms with Gasteiger partial charge in [-0.2, -0.15) is 0 Å². The van der Waals surface area contributed by atoms with Crippen LogP contribution in [0, 0.1) is 0 Å². The molecule has 33 heavy (non-hydrogen) atoms. The molecular weight excluding hydrogens is 438 g/mol. The molecule has 0 aliphatic carbocycles. The van der Waals surface area contributed by atoms with E-state index in [-0.39, 0.29) is 16.8 Å². The van der Waals surface area contributed by atoms with Gasteiger partial charge in [-0.05, 0) is 48.9 Å². The van der Waals surface area contributed by atoms with Crippen LogP contribution >= 0.6 is 0 Å². The minimum atomic E-state index is -3.59. The first-order valence-corrected chi connectivity index (χ1v) is 12.1. The first kappa shape index (κ1) is 22.8. The van der Waals surface area contributed by atoms with Crippen molar-refractivity contribution in [2.75, 3.05) is 14.1 Å². The fourth-order valence-corrected chi connectivity index (χ4v) is 4.76. The Hall–Kier alpha value is -3.36. The van der Waals surface area contributed by atoms with E-state index in [1.165, 1.54) is 18.4 Å². The zero-order valence-electron chi connectivity index (χ0n) is 18.9. The van der Waals surface area contributed by atoms with Crippen LogP contribution in [0.4, 0.5) is 0 Å². The molecule has 7 nitrogen and oxygen atoms in total. The summed E-state index contributed by atoms with van der Waals surface area (Å²) in [6.07, 6.45) is 2.18. The van der Waals surface area contributed by atoms with E-state index in [4.69, 9.17) is 4.42 Å². The zero-order chi connectivity index (χ0) is 23.6. The maximum atomic E-state index is 13.3. The van der Waals surface area contributed by atoms with E-state index in [0.717, 1.165) is 16.8 Å². The van der Waals surface area contributed by atoms with Crippen molar-refractivity contribution in [3.63, 3.8) is 0 Å². The molecule has 4 aromatic rings. The van der Waals surface area contributed by atoms with Gasteiger partial charge in [0, 0.05) is 44.0 Å². The monoisotopic (exact) mass is 465 g/mol. The normalized spacial score (nSPS) is 12.8. The highest BCUT2D eigenvalue weighted by atomic mass is 32.2. The van der Waals surface area contributed by atoms with Crippen LogP contribution in [-0.4, -0.2) is 43.3 Å². The van der Waals surface area contributed by atoms with Gasteiger partial charge in [0.1, 0.15) is 11.5 Å². The molecule has 1 unspecified atom stereocenters. The molecule has 8 heteroatoms. The van der Waals surface area contributed by atoms with Gasteiger partial charge in [0.25, 0.3) is 5.91 Å². The van der Waals surface area contributed by atoms with E-state index >= 15 is 0 Å². The predicted molar refractivity (Wildman–Crippen MR) is 128 cm³/mol. The van der Waals surface area contributed by atoms with Crippen LogP contribution in [0.15, 0.2) is 82.3 Å². The Labute approximate surface area is 193 Å². The summed E-state index contributed by atoms with van der Waals surface area (Å²) in [6, 6.07) is 20.1. The summed E-state index contributed by atoms with van der Waals surface area (Å²) in [5.74, 6) is 0.573. The molecule has 2 aromatic carbocycles. The standard InChI is InChI=1S/C25H27N3O4S/c1-18(14-21-10-7-13-32-21)26-25(29)24-16-20-15-22(33(30,31)27(2)3)11-12-23(20)28(24)17-19-8-5-4-6-9-19/h4-13,15-16,18H,14,17H2,1-3H3,(H,26,29). The van der Waals surface area contributed by atoms with Crippen molar-refractivity contribution in [3.05, 3.63) is 90.0 Å². The molecule has 172 valence electrons. The molecule has 1 amide bonds. The Balaban J connectivity index is 1.72. The summed E-state index contributed by atoms with van der Waals surface area (Å²) in [5.41, 5.74) is 2.30. The molecule has 0 saturated carbocycles. The predicted octanol–water partition coefficient (Wildman–Crippen LogP) is 3.89. The summed E-state index contributed by atoms with van der Waals surface area (Å²) in [7, 11) is -0.587. The van der Waals surface area contributed by atoms with Crippen LogP contribution in [0.1, 0.15) is 28.7 Å². The van der Waals surface area contributed by atoms with E-state index in [1.54, 1.807) is 30.5 Å². The van der Waals surface area contributed by atoms with E-state index in [2.05, 4.69) is 5.32 Å². The van der Waals surface area contributed by atoms with Crippen LogP contribution in [0.25, 0.3) is 10.9 Å². The molecule has 0 fully saturated rings. The first-order valence-electron chi connectivity index (χ1n) is 10.7. The summed E-state index contributed by atoms with van der Waals surface area (Å²) in [6.45, 7) is 2.41. The van der Waals surface area contributed by atoms with Gasteiger partial charge in [0.05, 0.1) is 11.2 Å². The number of furan rings is 1. The van der Waals surface area contributed by atoms with Crippen molar-refractivity contribution in [2.45, 2.75) is 30.8 Å². The molecule has 4 rings (SSSR count). The summed E-state index contributed by atoms with van der Waals surface area (Å²) >= 11 is 0. The number of hydrogen-bond acceptors (Lipinski definition) is 4. The molecule has 0 saturated heterocycles. The Kier molecular flexibility index (Phi) is 6.40. The number of fused-ring (bicyclic) bond motifs is 1. The van der Waals surface area contributed by atoms with Crippen molar-refractivity contribution in [2.24, 2.45) is 0 Å². The number of hydrogen-bond donors (Lipinski definition) is 1. The number of nitrogens with zero attached hydrogens (tertiary/aromatic N) is 2. The lowest BCUT2D eigenvalue weighted by Gasteiger charge is -2.15. The molecule has 0 spiro atoms. The number of nitrogens with one attached hydrogen (secondary N) is 1. The van der Waals surface area contributed by atoms with Crippen LogP contribution in [0.2, 0.25) is 0 Å². The minimum Gasteiger partial charge on any atom is -0.469 e. The zero-order valence-corrected chi connectivity index (χ0v) is 19.7. The summed E-state index contributed by atoms with van der Waals surface area (Å²) < 4.78 is 33.7. The lowest BCUT2D eigenvalue weighted by molar-refractivity contribution is 0.0930. The number of aromatic nitrogens is 1. The lowest BCUT2D eigenvalue weighted by Crippen LogP contribution is -2.35. The van der Waals surface area contributed by atoms with Crippen molar-refractivity contribution in [1.29, 1.82) is 0 Å². The molecule has 0 aliphatic heterocycles. The maximum Gasteiger partial charge on any atom is 0.268 e. The van der Waals surface area contributed by atoms with Gasteiger partial charge >= 0.3 is 0 Å². The number of sulfonamides is 1. The van der Waals surface area contributed by atoms with Gasteiger partial charge in [-0.3, -0.25) is 4.79 Å². The Morgan fingerprint density at radius 1 is 1.06 bits per heavy atom. The largest absolute Gasteiger partial charge is 0.469 e. The van der Waals surface area contributed by atoms with Crippen molar-refractivity contribution >= 4 is 26.8 Å². The summed E-state index contributed by atoms with van der Waals surface area (Å²) in [4.78, 5) is 13.5. The topological polar surface area (TPSA) is 84.5 Å². The minimum absolute atomic E-state index is 0.142. The molecule has 0 radical (unpaired) electrons. The van der Waals surface area contributed by atoms with Crippen LogP contribution in [-0.2, 0) is 23.0 Å². The third-order valence-corrected chi connectivity index (χ3v) is 7.34. The number of rotatable bonds is 8. The Morgan fingerprint density at radius 3 is 2.48 bits per heavy atom. The number of carbonyl (C=O) groups excluding carboxylic acids is 1. The van der Waals surface area contributed by atoms with E-state index in [1.807, 2.05) is 54.0 Å². The fraction of sp³-hybridized carbons (Fsp3) is 0.240. The first-order chi connectivity index (χ1) is 15.8. The van der Waals surface area contributed by atoms with Crippen molar-refractivity contribution in [3.8, 4) is 0 Å². The van der Waals surface area contributed by atoms with Crippen molar-refractivity contribution < 1.29 is 17.6 Å². The molecule has 2 heterocycles. The fourth-order valence-electron chi connectivity index (χ4n) is 3.82. The van der Waals surface area contributed by atoms with E-state index < -0.39 is 10.0 Å². The molecular formula is C25H27N3O4S. The number of benzene rings is 2. The van der Waals surface area contributed by atoms with Gasteiger partial charge in [-0.1, -0.05) is 30.3 Å². The Morgan fingerprint density at radius 2 is 1.82 bits per heavy atom. The smallest absolute Gasteiger partial charge is 0.268 e. The highest BCUT2D eigenvalue weighted by molar-refractivity contribution is 7.89. The average molecular weight is 466 g/mol. The van der Waals surface area contributed by atoms with Gasteiger partial charge in [-0.25, -0.2) is 12.7 Å². The average Bonchev–Trinajstić information content (AvgIpc) is 3.42. The third-order valence-electron chi connectivity index (χ3n) is 5.53. The van der Waals surface area contributed by atoms with E-state index in [0.29, 0.717) is 24.0 Å². The highest BCUT2D eigenvalue weighted by Gasteiger charge is 2.22. The molecule has 0 aliphatic rings. The van der Waals surface area contributed by atoms with Gasteiger partial charge in [-0.15, -0.1) is 0 Å². The Bertz CT molecular complexity index is 1360.